The molecular weight excluding hydrogens is 449 g/mol. The lowest BCUT2D eigenvalue weighted by Crippen LogP contribution is -2.54. The summed E-state index contributed by atoms with van der Waals surface area (Å²) in [4.78, 5) is 36.7. The fourth-order valence-corrected chi connectivity index (χ4v) is 3.28. The highest BCUT2D eigenvalue weighted by Gasteiger charge is 2.36. The van der Waals surface area contributed by atoms with Crippen molar-refractivity contribution in [3.8, 4) is 0 Å². The maximum absolute atomic E-state index is 13.0. The van der Waals surface area contributed by atoms with E-state index in [1.165, 1.54) is 24.3 Å². The lowest BCUT2D eigenvalue weighted by Gasteiger charge is -2.29. The molecule has 0 radical (unpaired) electrons. The first kappa shape index (κ1) is 20.2. The lowest BCUT2D eigenvalue weighted by molar-refractivity contribution is -0.384. The molecule has 2 aromatic carbocycles. The minimum atomic E-state index is -0.777. The second kappa shape index (κ2) is 7.84. The molecule has 0 spiro atoms. The van der Waals surface area contributed by atoms with Crippen molar-refractivity contribution in [2.75, 3.05) is 4.90 Å². The van der Waals surface area contributed by atoms with E-state index in [0.717, 1.165) is 17.0 Å². The van der Waals surface area contributed by atoms with Crippen LogP contribution in [0.4, 0.5) is 11.4 Å². The summed E-state index contributed by atoms with van der Waals surface area (Å²) in [7, 11) is 0. The van der Waals surface area contributed by atoms with Crippen LogP contribution >= 0.6 is 47.0 Å². The maximum Gasteiger partial charge on any atom is 0.270 e. The summed E-state index contributed by atoms with van der Waals surface area (Å²) >= 11 is 23.3. The molecule has 1 fully saturated rings. The van der Waals surface area contributed by atoms with Gasteiger partial charge < -0.3 is 0 Å². The number of anilines is 1. The molecule has 0 saturated carbocycles. The summed E-state index contributed by atoms with van der Waals surface area (Å²) in [6.45, 7) is 0. The van der Waals surface area contributed by atoms with Crippen molar-refractivity contribution in [3.05, 3.63) is 72.7 Å². The molecule has 1 aliphatic heterocycles. The minimum absolute atomic E-state index is 0.0729. The van der Waals surface area contributed by atoms with Crippen molar-refractivity contribution in [1.29, 1.82) is 0 Å². The predicted molar refractivity (Wildman–Crippen MR) is 111 cm³/mol. The van der Waals surface area contributed by atoms with Crippen molar-refractivity contribution < 1.29 is 14.5 Å². The summed E-state index contributed by atoms with van der Waals surface area (Å²) in [5, 5.41) is 13.6. The molecule has 0 unspecified atom stereocenters. The molecule has 1 heterocycles. The number of hydrogen-bond acceptors (Lipinski definition) is 5. The zero-order valence-electron chi connectivity index (χ0n) is 13.6. The Labute approximate surface area is 178 Å². The predicted octanol–water partition coefficient (Wildman–Crippen LogP) is 4.39. The van der Waals surface area contributed by atoms with Gasteiger partial charge in [-0.3, -0.25) is 29.9 Å². The van der Waals surface area contributed by atoms with E-state index >= 15 is 0 Å². The molecule has 1 N–H and O–H groups in total. The third-order valence-electron chi connectivity index (χ3n) is 3.76. The average molecular weight is 457 g/mol. The number of hydrogen-bond donors (Lipinski definition) is 1. The highest BCUT2D eigenvalue weighted by Crippen LogP contribution is 2.34. The quantitative estimate of drug-likeness (QED) is 0.243. The molecule has 3 rings (SSSR count). The van der Waals surface area contributed by atoms with Gasteiger partial charge in [-0.05, 0) is 36.5 Å². The molecule has 0 bridgehead atoms. The van der Waals surface area contributed by atoms with Crippen LogP contribution in [0.5, 0.6) is 0 Å². The summed E-state index contributed by atoms with van der Waals surface area (Å²) in [5.74, 6) is -1.55. The Morgan fingerprint density at radius 2 is 1.82 bits per heavy atom. The second-order valence-corrected chi connectivity index (χ2v) is 7.07. The molecule has 142 valence electrons. The van der Waals surface area contributed by atoms with Crippen LogP contribution in [0.2, 0.25) is 15.1 Å². The lowest BCUT2D eigenvalue weighted by atomic mass is 10.1. The van der Waals surface area contributed by atoms with Gasteiger partial charge in [0.1, 0.15) is 5.57 Å². The molecule has 28 heavy (non-hydrogen) atoms. The SMILES string of the molecule is O=C1NC(=S)N(c2cccc(Cl)c2Cl)C(=O)/C1=C/c1cc([N+](=O)[O-])ccc1Cl. The first-order valence-corrected chi connectivity index (χ1v) is 9.04. The van der Waals surface area contributed by atoms with E-state index in [9.17, 15) is 19.7 Å². The van der Waals surface area contributed by atoms with E-state index in [1.807, 2.05) is 0 Å². The molecule has 7 nitrogen and oxygen atoms in total. The number of carbonyl (C=O) groups is 2. The Hall–Kier alpha value is -2.52. The zero-order chi connectivity index (χ0) is 20.6. The van der Waals surface area contributed by atoms with Crippen molar-refractivity contribution in [2.24, 2.45) is 0 Å². The number of rotatable bonds is 3. The van der Waals surface area contributed by atoms with Crippen LogP contribution in [0.15, 0.2) is 42.0 Å². The number of halogens is 3. The maximum atomic E-state index is 13.0. The van der Waals surface area contributed by atoms with Gasteiger partial charge in [-0.1, -0.05) is 40.9 Å². The topological polar surface area (TPSA) is 92.6 Å². The van der Waals surface area contributed by atoms with Crippen LogP contribution in [0, 0.1) is 10.1 Å². The number of nitro groups is 1. The van der Waals surface area contributed by atoms with Gasteiger partial charge in [-0.2, -0.15) is 0 Å². The van der Waals surface area contributed by atoms with E-state index in [4.69, 9.17) is 47.0 Å². The molecule has 2 aromatic rings. The molecule has 2 amide bonds. The highest BCUT2D eigenvalue weighted by molar-refractivity contribution is 7.80. The second-order valence-electron chi connectivity index (χ2n) is 5.49. The number of thiocarbonyl (C=S) groups is 1. The van der Waals surface area contributed by atoms with E-state index in [-0.39, 0.29) is 42.7 Å². The fourth-order valence-electron chi connectivity index (χ4n) is 2.45. The first-order valence-electron chi connectivity index (χ1n) is 7.50. The van der Waals surface area contributed by atoms with Crippen molar-refractivity contribution in [2.45, 2.75) is 0 Å². The van der Waals surface area contributed by atoms with Crippen molar-refractivity contribution in [3.63, 3.8) is 0 Å². The van der Waals surface area contributed by atoms with E-state index in [2.05, 4.69) is 5.32 Å². The fraction of sp³-hybridized carbons (Fsp3) is 0. The van der Waals surface area contributed by atoms with Gasteiger partial charge in [-0.15, -0.1) is 0 Å². The van der Waals surface area contributed by atoms with Gasteiger partial charge in [0, 0.05) is 22.7 Å². The number of nitrogens with zero attached hydrogens (tertiary/aromatic N) is 2. The average Bonchev–Trinajstić information content (AvgIpc) is 2.63. The standard InChI is InChI=1S/C17H8Cl3N3O4S/c18-11-5-4-9(23(26)27)6-8(11)7-10-15(24)21-17(28)22(16(10)25)13-3-1-2-12(19)14(13)20/h1-7H,(H,21,24,28)/b10-7+. The molecule has 1 saturated heterocycles. The van der Waals surface area contributed by atoms with E-state index in [1.54, 1.807) is 6.07 Å². The number of benzene rings is 2. The highest BCUT2D eigenvalue weighted by atomic mass is 35.5. The molecule has 0 atom stereocenters. The monoisotopic (exact) mass is 455 g/mol. The summed E-state index contributed by atoms with van der Waals surface area (Å²) in [5.41, 5.74) is -0.267. The molecule has 11 heteroatoms. The smallest absolute Gasteiger partial charge is 0.270 e. The van der Waals surface area contributed by atoms with Gasteiger partial charge in [0.25, 0.3) is 17.5 Å². The normalized spacial score (nSPS) is 15.8. The summed E-state index contributed by atoms with van der Waals surface area (Å²) in [6.07, 6.45) is 1.15. The number of nitro benzene ring substituents is 1. The van der Waals surface area contributed by atoms with Crippen LogP contribution in [0.3, 0.4) is 0 Å². The van der Waals surface area contributed by atoms with Crippen molar-refractivity contribution in [1.82, 2.24) is 5.32 Å². The minimum Gasteiger partial charge on any atom is -0.298 e. The van der Waals surface area contributed by atoms with Gasteiger partial charge in [0.15, 0.2) is 5.11 Å². The number of amides is 2. The first-order chi connectivity index (χ1) is 13.2. The Morgan fingerprint density at radius 1 is 1.11 bits per heavy atom. The van der Waals surface area contributed by atoms with E-state index < -0.39 is 16.7 Å². The molecule has 0 aliphatic carbocycles. The number of non-ortho nitro benzene ring substituents is 1. The Kier molecular flexibility index (Phi) is 5.66. The Bertz CT molecular complexity index is 1090. The van der Waals surface area contributed by atoms with Gasteiger partial charge in [0.2, 0.25) is 0 Å². The van der Waals surface area contributed by atoms with Crippen LogP contribution in [-0.4, -0.2) is 21.9 Å². The van der Waals surface area contributed by atoms with Crippen LogP contribution < -0.4 is 10.2 Å². The van der Waals surface area contributed by atoms with Crippen LogP contribution in [0.25, 0.3) is 6.08 Å². The summed E-state index contributed by atoms with van der Waals surface area (Å²) < 4.78 is 0. The molecule has 0 aromatic heterocycles. The zero-order valence-corrected chi connectivity index (χ0v) is 16.7. The number of carbonyl (C=O) groups excluding carboxylic acids is 2. The van der Waals surface area contributed by atoms with Crippen LogP contribution in [-0.2, 0) is 9.59 Å². The van der Waals surface area contributed by atoms with Gasteiger partial charge in [-0.25, -0.2) is 0 Å². The van der Waals surface area contributed by atoms with Crippen LogP contribution in [0.1, 0.15) is 5.56 Å². The molecule has 1 aliphatic rings. The van der Waals surface area contributed by atoms with Crippen molar-refractivity contribution >= 4 is 81.4 Å². The number of nitrogens with one attached hydrogen (secondary N) is 1. The largest absolute Gasteiger partial charge is 0.298 e. The van der Waals surface area contributed by atoms with Gasteiger partial charge in [0.05, 0.1) is 20.7 Å². The Morgan fingerprint density at radius 3 is 2.50 bits per heavy atom. The third kappa shape index (κ3) is 3.72. The molecular formula is C17H8Cl3N3O4S. The summed E-state index contributed by atoms with van der Waals surface area (Å²) in [6, 6.07) is 8.26. The van der Waals surface area contributed by atoms with Gasteiger partial charge >= 0.3 is 0 Å². The van der Waals surface area contributed by atoms with E-state index in [0.29, 0.717) is 0 Å². The third-order valence-corrected chi connectivity index (χ3v) is 5.20. The Balaban J connectivity index is 2.11.